The quantitative estimate of drug-likeness (QED) is 0.531. The van der Waals surface area contributed by atoms with Crippen LogP contribution < -0.4 is 10.3 Å². The molecule has 0 saturated heterocycles. The van der Waals surface area contributed by atoms with Gasteiger partial charge in [-0.25, -0.2) is 4.98 Å². The number of aromatic nitrogens is 2. The summed E-state index contributed by atoms with van der Waals surface area (Å²) in [6.07, 6.45) is 2.10. The number of rotatable bonds is 5. The Morgan fingerprint density at radius 2 is 2.04 bits per heavy atom. The van der Waals surface area contributed by atoms with Gasteiger partial charge in [-0.3, -0.25) is 4.79 Å². The fraction of sp³-hybridized carbons (Fsp3) is 0.211. The van der Waals surface area contributed by atoms with Crippen LogP contribution in [0.5, 0.6) is 11.5 Å². The third kappa shape index (κ3) is 4.06. The van der Waals surface area contributed by atoms with Crippen molar-refractivity contribution in [3.05, 3.63) is 61.0 Å². The topological polar surface area (TPSA) is 76.7 Å². The standard InChI is InChI=1S/C19H17Br2N3O3/c1-3-17-23-15-6-5-12(20)9-13(15)19(26)24(17)22-10-11-7-14(21)18(25)16(8-11)27-4-2/h5-10,25H,3-4H2,1-2H3. The molecule has 0 aliphatic carbocycles. The van der Waals surface area contributed by atoms with Crippen LogP contribution in [0.2, 0.25) is 0 Å². The average Bonchev–Trinajstić information content (AvgIpc) is 2.65. The minimum Gasteiger partial charge on any atom is -0.503 e. The highest BCUT2D eigenvalue weighted by molar-refractivity contribution is 9.10. The molecule has 140 valence electrons. The molecule has 3 rings (SSSR count). The van der Waals surface area contributed by atoms with Gasteiger partial charge in [0.1, 0.15) is 5.82 Å². The Hall–Kier alpha value is -2.19. The lowest BCUT2D eigenvalue weighted by Crippen LogP contribution is -2.22. The van der Waals surface area contributed by atoms with Crippen molar-refractivity contribution >= 4 is 49.0 Å². The number of phenols is 1. The van der Waals surface area contributed by atoms with Gasteiger partial charge in [-0.2, -0.15) is 9.78 Å². The smallest absolute Gasteiger partial charge is 0.282 e. The van der Waals surface area contributed by atoms with Crippen LogP contribution in [0.15, 0.2) is 49.2 Å². The van der Waals surface area contributed by atoms with Gasteiger partial charge in [0.2, 0.25) is 0 Å². The van der Waals surface area contributed by atoms with Crippen LogP contribution >= 0.6 is 31.9 Å². The highest BCUT2D eigenvalue weighted by atomic mass is 79.9. The second kappa shape index (κ2) is 8.22. The fourth-order valence-electron chi connectivity index (χ4n) is 2.60. The van der Waals surface area contributed by atoms with Crippen LogP contribution in [0.1, 0.15) is 25.2 Å². The first-order valence-corrected chi connectivity index (χ1v) is 9.94. The van der Waals surface area contributed by atoms with Crippen LogP contribution in [-0.2, 0) is 6.42 Å². The molecule has 3 aromatic rings. The summed E-state index contributed by atoms with van der Waals surface area (Å²) < 4.78 is 8.01. The van der Waals surface area contributed by atoms with Crippen molar-refractivity contribution in [2.45, 2.75) is 20.3 Å². The molecule has 0 bridgehead atoms. The van der Waals surface area contributed by atoms with E-state index in [-0.39, 0.29) is 11.3 Å². The molecule has 0 atom stereocenters. The van der Waals surface area contributed by atoms with Crippen LogP contribution in [-0.4, -0.2) is 27.6 Å². The Morgan fingerprint density at radius 1 is 1.26 bits per heavy atom. The van der Waals surface area contributed by atoms with E-state index in [1.165, 1.54) is 4.68 Å². The highest BCUT2D eigenvalue weighted by Crippen LogP contribution is 2.35. The average molecular weight is 495 g/mol. The Morgan fingerprint density at radius 3 is 2.74 bits per heavy atom. The lowest BCUT2D eigenvalue weighted by molar-refractivity contribution is 0.317. The van der Waals surface area contributed by atoms with E-state index in [9.17, 15) is 9.90 Å². The van der Waals surface area contributed by atoms with Gasteiger partial charge < -0.3 is 9.84 Å². The number of fused-ring (bicyclic) bond motifs is 1. The zero-order valence-corrected chi connectivity index (χ0v) is 17.9. The van der Waals surface area contributed by atoms with Gasteiger partial charge in [0.05, 0.1) is 28.2 Å². The molecule has 0 amide bonds. The summed E-state index contributed by atoms with van der Waals surface area (Å²) in [5, 5.41) is 14.9. The molecular weight excluding hydrogens is 478 g/mol. The molecule has 0 aliphatic rings. The first kappa shape index (κ1) is 19.6. The predicted molar refractivity (Wildman–Crippen MR) is 113 cm³/mol. The molecule has 0 saturated carbocycles. The normalized spacial score (nSPS) is 11.4. The maximum absolute atomic E-state index is 12.9. The molecule has 1 N–H and O–H groups in total. The second-order valence-electron chi connectivity index (χ2n) is 5.69. The highest BCUT2D eigenvalue weighted by Gasteiger charge is 2.11. The van der Waals surface area contributed by atoms with E-state index < -0.39 is 0 Å². The lowest BCUT2D eigenvalue weighted by atomic mass is 10.2. The molecule has 8 heteroatoms. The van der Waals surface area contributed by atoms with Crippen LogP contribution in [0.4, 0.5) is 0 Å². The summed E-state index contributed by atoms with van der Waals surface area (Å²) in [6, 6.07) is 8.75. The molecule has 6 nitrogen and oxygen atoms in total. The van der Waals surface area contributed by atoms with Gasteiger partial charge in [0, 0.05) is 10.9 Å². The zero-order chi connectivity index (χ0) is 19.6. The van der Waals surface area contributed by atoms with E-state index in [0.717, 1.165) is 4.47 Å². The Balaban J connectivity index is 2.11. The minimum atomic E-state index is -0.239. The van der Waals surface area contributed by atoms with E-state index in [1.807, 2.05) is 19.9 Å². The third-order valence-corrected chi connectivity index (χ3v) is 4.96. The van der Waals surface area contributed by atoms with Crippen molar-refractivity contribution in [2.75, 3.05) is 6.61 Å². The molecule has 0 aliphatic heterocycles. The summed E-state index contributed by atoms with van der Waals surface area (Å²) in [5.74, 6) is 0.934. The molecule has 0 spiro atoms. The molecule has 0 fully saturated rings. The maximum atomic E-state index is 12.9. The Labute approximate surface area is 172 Å². The van der Waals surface area contributed by atoms with Gasteiger partial charge >= 0.3 is 0 Å². The second-order valence-corrected chi connectivity index (χ2v) is 7.46. The first-order valence-electron chi connectivity index (χ1n) is 8.35. The zero-order valence-electron chi connectivity index (χ0n) is 14.7. The number of aryl methyl sites for hydroxylation is 1. The van der Waals surface area contributed by atoms with Crippen molar-refractivity contribution in [3.63, 3.8) is 0 Å². The molecule has 2 aromatic carbocycles. The Kier molecular flexibility index (Phi) is 5.96. The number of hydrogen-bond donors (Lipinski definition) is 1. The molecular formula is C19H17Br2N3O3. The largest absolute Gasteiger partial charge is 0.503 e. The van der Waals surface area contributed by atoms with Crippen LogP contribution in [0.3, 0.4) is 0 Å². The minimum absolute atomic E-state index is 0.0256. The van der Waals surface area contributed by atoms with E-state index in [0.29, 0.717) is 45.5 Å². The summed E-state index contributed by atoms with van der Waals surface area (Å²) >= 11 is 6.68. The van der Waals surface area contributed by atoms with Gasteiger partial charge in [0.25, 0.3) is 5.56 Å². The number of ether oxygens (including phenoxy) is 1. The number of aromatic hydroxyl groups is 1. The van der Waals surface area contributed by atoms with Crippen LogP contribution in [0.25, 0.3) is 10.9 Å². The fourth-order valence-corrected chi connectivity index (χ4v) is 3.42. The predicted octanol–water partition coefficient (Wildman–Crippen LogP) is 4.47. The molecule has 0 radical (unpaired) electrons. The van der Waals surface area contributed by atoms with Crippen molar-refractivity contribution in [3.8, 4) is 11.5 Å². The van der Waals surface area contributed by atoms with E-state index in [2.05, 4.69) is 41.9 Å². The van der Waals surface area contributed by atoms with Crippen molar-refractivity contribution in [1.82, 2.24) is 9.66 Å². The summed E-state index contributed by atoms with van der Waals surface area (Å²) in [6.45, 7) is 4.17. The van der Waals surface area contributed by atoms with Gasteiger partial charge in [-0.1, -0.05) is 22.9 Å². The van der Waals surface area contributed by atoms with Crippen LogP contribution in [0, 0.1) is 0 Å². The van der Waals surface area contributed by atoms with E-state index in [4.69, 9.17) is 4.74 Å². The monoisotopic (exact) mass is 493 g/mol. The number of hydrogen-bond acceptors (Lipinski definition) is 5. The van der Waals surface area contributed by atoms with E-state index >= 15 is 0 Å². The number of benzene rings is 2. The van der Waals surface area contributed by atoms with Gasteiger partial charge in [-0.15, -0.1) is 0 Å². The number of phenolic OH excluding ortho intramolecular Hbond substituents is 1. The van der Waals surface area contributed by atoms with Crippen molar-refractivity contribution in [1.29, 1.82) is 0 Å². The summed E-state index contributed by atoms with van der Waals surface area (Å²) in [5.41, 5.74) is 1.07. The molecule has 1 heterocycles. The summed E-state index contributed by atoms with van der Waals surface area (Å²) in [7, 11) is 0. The first-order chi connectivity index (χ1) is 12.9. The number of nitrogens with zero attached hydrogens (tertiary/aromatic N) is 3. The number of halogens is 2. The van der Waals surface area contributed by atoms with E-state index in [1.54, 1.807) is 30.5 Å². The van der Waals surface area contributed by atoms with Gasteiger partial charge in [-0.05, 0) is 58.7 Å². The SMILES string of the molecule is CCOc1cc(C=Nn2c(CC)nc3ccc(Br)cc3c2=O)cc(Br)c1O. The molecule has 0 unspecified atom stereocenters. The molecule has 27 heavy (non-hydrogen) atoms. The molecule has 1 aromatic heterocycles. The maximum Gasteiger partial charge on any atom is 0.282 e. The lowest BCUT2D eigenvalue weighted by Gasteiger charge is -2.09. The Bertz CT molecular complexity index is 1090. The van der Waals surface area contributed by atoms with Crippen molar-refractivity contribution in [2.24, 2.45) is 5.10 Å². The third-order valence-electron chi connectivity index (χ3n) is 3.86. The van der Waals surface area contributed by atoms with Crippen molar-refractivity contribution < 1.29 is 9.84 Å². The van der Waals surface area contributed by atoms with Gasteiger partial charge in [0.15, 0.2) is 11.5 Å². The summed E-state index contributed by atoms with van der Waals surface area (Å²) in [4.78, 5) is 17.4.